The van der Waals surface area contributed by atoms with E-state index in [0.29, 0.717) is 18.0 Å². The largest absolute Gasteiger partial charge is 0.369 e. The van der Waals surface area contributed by atoms with E-state index < -0.39 is 0 Å². The second kappa shape index (κ2) is 4.14. The van der Waals surface area contributed by atoms with E-state index >= 15 is 0 Å². The number of imidazole rings is 1. The summed E-state index contributed by atoms with van der Waals surface area (Å²) < 4.78 is 15.0. The molecule has 0 spiro atoms. The van der Waals surface area contributed by atoms with E-state index in [9.17, 15) is 4.39 Å². The van der Waals surface area contributed by atoms with Gasteiger partial charge in [0, 0.05) is 6.07 Å². The smallest absolute Gasteiger partial charge is 0.201 e. The molecule has 0 saturated carbocycles. The Labute approximate surface area is 104 Å². The molecule has 3 rings (SSSR count). The van der Waals surface area contributed by atoms with Gasteiger partial charge in [0.05, 0.1) is 17.6 Å². The van der Waals surface area contributed by atoms with Crippen LogP contribution in [0, 0.1) is 5.82 Å². The van der Waals surface area contributed by atoms with E-state index in [0.717, 1.165) is 11.1 Å². The lowest BCUT2D eigenvalue weighted by Crippen LogP contribution is -2.04. The van der Waals surface area contributed by atoms with E-state index in [2.05, 4.69) is 4.98 Å². The zero-order chi connectivity index (χ0) is 12.5. The molecule has 1 aromatic heterocycles. The number of nitrogens with two attached hydrogens (primary N) is 1. The van der Waals surface area contributed by atoms with Gasteiger partial charge >= 0.3 is 0 Å². The van der Waals surface area contributed by atoms with Crippen LogP contribution in [-0.4, -0.2) is 9.55 Å². The van der Waals surface area contributed by atoms with Gasteiger partial charge in [-0.25, -0.2) is 9.37 Å². The summed E-state index contributed by atoms with van der Waals surface area (Å²) in [6, 6.07) is 14.5. The van der Waals surface area contributed by atoms with Crippen molar-refractivity contribution in [2.24, 2.45) is 0 Å². The highest BCUT2D eigenvalue weighted by molar-refractivity contribution is 5.78. The maximum absolute atomic E-state index is 13.1. The lowest BCUT2D eigenvalue weighted by molar-refractivity contribution is 0.629. The van der Waals surface area contributed by atoms with Gasteiger partial charge in [-0.1, -0.05) is 30.3 Å². The Morgan fingerprint density at radius 3 is 2.67 bits per heavy atom. The van der Waals surface area contributed by atoms with Crippen molar-refractivity contribution in [3.8, 4) is 0 Å². The maximum atomic E-state index is 13.1. The van der Waals surface area contributed by atoms with Crippen LogP contribution in [0.4, 0.5) is 10.3 Å². The molecule has 3 aromatic rings. The molecule has 2 N–H and O–H groups in total. The van der Waals surface area contributed by atoms with Crippen LogP contribution in [0.15, 0.2) is 48.5 Å². The first kappa shape index (κ1) is 10.8. The molecule has 0 amide bonds. The molecule has 0 saturated heterocycles. The van der Waals surface area contributed by atoms with Crippen molar-refractivity contribution < 1.29 is 4.39 Å². The fourth-order valence-corrected chi connectivity index (χ4v) is 2.05. The lowest BCUT2D eigenvalue weighted by Gasteiger charge is -2.06. The Morgan fingerprint density at radius 2 is 1.89 bits per heavy atom. The molecule has 0 unspecified atom stereocenters. The lowest BCUT2D eigenvalue weighted by atomic mass is 10.2. The molecule has 0 radical (unpaired) electrons. The van der Waals surface area contributed by atoms with E-state index in [1.54, 1.807) is 6.07 Å². The molecule has 2 aromatic carbocycles. The molecule has 0 bridgehead atoms. The van der Waals surface area contributed by atoms with Gasteiger partial charge in [0.25, 0.3) is 0 Å². The number of nitrogen functional groups attached to an aromatic ring is 1. The Hall–Kier alpha value is -2.36. The molecule has 1 heterocycles. The normalized spacial score (nSPS) is 10.9. The van der Waals surface area contributed by atoms with Gasteiger partial charge in [-0.3, -0.25) is 0 Å². The van der Waals surface area contributed by atoms with Crippen molar-refractivity contribution in [1.82, 2.24) is 9.55 Å². The molecule has 0 atom stereocenters. The van der Waals surface area contributed by atoms with Crippen molar-refractivity contribution in [1.29, 1.82) is 0 Å². The summed E-state index contributed by atoms with van der Waals surface area (Å²) >= 11 is 0. The number of fused-ring (bicyclic) bond motifs is 1. The van der Waals surface area contributed by atoms with E-state index in [1.807, 2.05) is 34.9 Å². The monoisotopic (exact) mass is 241 g/mol. The zero-order valence-electron chi connectivity index (χ0n) is 9.68. The van der Waals surface area contributed by atoms with Gasteiger partial charge in [0.2, 0.25) is 5.95 Å². The molecule has 4 heteroatoms. The number of benzene rings is 2. The average molecular weight is 241 g/mol. The van der Waals surface area contributed by atoms with Crippen LogP contribution in [-0.2, 0) is 6.54 Å². The van der Waals surface area contributed by atoms with Gasteiger partial charge in [-0.2, -0.15) is 0 Å². The van der Waals surface area contributed by atoms with Gasteiger partial charge in [-0.05, 0) is 17.7 Å². The molecular formula is C14H12FN3. The number of hydrogen-bond donors (Lipinski definition) is 1. The summed E-state index contributed by atoms with van der Waals surface area (Å²) in [5.41, 5.74) is 8.44. The third kappa shape index (κ3) is 1.82. The van der Waals surface area contributed by atoms with Gasteiger partial charge in [-0.15, -0.1) is 0 Å². The van der Waals surface area contributed by atoms with Crippen LogP contribution in [0.3, 0.4) is 0 Å². The minimum absolute atomic E-state index is 0.299. The van der Waals surface area contributed by atoms with Crippen LogP contribution < -0.4 is 5.73 Å². The van der Waals surface area contributed by atoms with Gasteiger partial charge in [0.15, 0.2) is 0 Å². The van der Waals surface area contributed by atoms with Crippen molar-refractivity contribution in [3.05, 3.63) is 59.9 Å². The molecule has 0 aliphatic heterocycles. The number of nitrogens with zero attached hydrogens (tertiary/aromatic N) is 2. The summed E-state index contributed by atoms with van der Waals surface area (Å²) in [5, 5.41) is 0. The predicted molar refractivity (Wildman–Crippen MR) is 69.6 cm³/mol. The molecule has 0 aliphatic carbocycles. The fourth-order valence-electron chi connectivity index (χ4n) is 2.05. The Balaban J connectivity index is 2.09. The van der Waals surface area contributed by atoms with Gasteiger partial charge < -0.3 is 10.3 Å². The molecule has 0 aliphatic rings. The second-order valence-electron chi connectivity index (χ2n) is 4.17. The first-order valence-corrected chi connectivity index (χ1v) is 5.69. The third-order valence-corrected chi connectivity index (χ3v) is 2.92. The van der Waals surface area contributed by atoms with Crippen molar-refractivity contribution in [2.75, 3.05) is 5.73 Å². The van der Waals surface area contributed by atoms with Crippen LogP contribution >= 0.6 is 0 Å². The minimum atomic E-state index is -0.299. The van der Waals surface area contributed by atoms with E-state index in [-0.39, 0.29) is 5.82 Å². The maximum Gasteiger partial charge on any atom is 0.201 e. The Kier molecular flexibility index (Phi) is 2.48. The summed E-state index contributed by atoms with van der Waals surface area (Å²) in [6.45, 7) is 0.634. The summed E-state index contributed by atoms with van der Waals surface area (Å²) in [5.74, 6) is 0.103. The summed E-state index contributed by atoms with van der Waals surface area (Å²) in [7, 11) is 0. The summed E-state index contributed by atoms with van der Waals surface area (Å²) in [4.78, 5) is 4.17. The van der Waals surface area contributed by atoms with Crippen LogP contribution in [0.2, 0.25) is 0 Å². The van der Waals surface area contributed by atoms with Crippen molar-refractivity contribution >= 4 is 17.0 Å². The molecule has 0 fully saturated rings. The standard InChI is InChI=1S/C14H12FN3/c15-11-6-7-13-12(8-11)17-14(16)18(13)9-10-4-2-1-3-5-10/h1-8H,9H2,(H2,16,17). The SMILES string of the molecule is Nc1nc2cc(F)ccc2n1Cc1ccccc1. The molecule has 3 nitrogen and oxygen atoms in total. The highest BCUT2D eigenvalue weighted by Crippen LogP contribution is 2.20. The van der Waals surface area contributed by atoms with Crippen LogP contribution in [0.1, 0.15) is 5.56 Å². The van der Waals surface area contributed by atoms with Crippen LogP contribution in [0.5, 0.6) is 0 Å². The first-order chi connectivity index (χ1) is 8.74. The van der Waals surface area contributed by atoms with Crippen molar-refractivity contribution in [2.45, 2.75) is 6.54 Å². The van der Waals surface area contributed by atoms with Crippen LogP contribution in [0.25, 0.3) is 11.0 Å². The minimum Gasteiger partial charge on any atom is -0.369 e. The fraction of sp³-hybridized carbons (Fsp3) is 0.0714. The number of rotatable bonds is 2. The van der Waals surface area contributed by atoms with E-state index in [4.69, 9.17) is 5.73 Å². The quantitative estimate of drug-likeness (QED) is 0.749. The highest BCUT2D eigenvalue weighted by atomic mass is 19.1. The first-order valence-electron chi connectivity index (χ1n) is 5.69. The van der Waals surface area contributed by atoms with E-state index in [1.165, 1.54) is 12.1 Å². The topological polar surface area (TPSA) is 43.8 Å². The third-order valence-electron chi connectivity index (χ3n) is 2.92. The predicted octanol–water partition coefficient (Wildman–Crippen LogP) is 2.81. The molecule has 90 valence electrons. The number of anilines is 1. The highest BCUT2D eigenvalue weighted by Gasteiger charge is 2.08. The Bertz CT molecular complexity index is 689. The molecular weight excluding hydrogens is 229 g/mol. The van der Waals surface area contributed by atoms with Gasteiger partial charge in [0.1, 0.15) is 5.82 Å². The zero-order valence-corrected chi connectivity index (χ0v) is 9.68. The number of halogens is 1. The number of aromatic nitrogens is 2. The number of hydrogen-bond acceptors (Lipinski definition) is 2. The summed E-state index contributed by atoms with van der Waals surface area (Å²) in [6.07, 6.45) is 0. The average Bonchev–Trinajstić information content (AvgIpc) is 2.66. The molecule has 18 heavy (non-hydrogen) atoms. The second-order valence-corrected chi connectivity index (χ2v) is 4.17. The Morgan fingerprint density at radius 1 is 1.11 bits per heavy atom. The van der Waals surface area contributed by atoms with Crippen molar-refractivity contribution in [3.63, 3.8) is 0 Å².